The molecule has 3 nitrogen and oxygen atoms in total. The van der Waals surface area contributed by atoms with Crippen LogP contribution in [0.2, 0.25) is 0 Å². The van der Waals surface area contributed by atoms with Crippen LogP contribution in [0.15, 0.2) is 18.2 Å². The number of halogens is 1. The number of hydrogen-bond acceptors (Lipinski definition) is 3. The van der Waals surface area contributed by atoms with Gasteiger partial charge in [-0.2, -0.15) is 0 Å². The molecular weight excluding hydrogens is 185 g/mol. The molecule has 0 aliphatic rings. The highest BCUT2D eigenvalue weighted by atomic mass is 19.1. The van der Waals surface area contributed by atoms with Gasteiger partial charge in [0, 0.05) is 13.5 Å². The summed E-state index contributed by atoms with van der Waals surface area (Å²) in [6.45, 7) is 1.65. The molecule has 4 heteroatoms. The Labute approximate surface area is 81.9 Å². The third-order valence-electron chi connectivity index (χ3n) is 1.74. The number of hydrogen-bond donors (Lipinski definition) is 1. The van der Waals surface area contributed by atoms with Gasteiger partial charge >= 0.3 is 5.97 Å². The van der Waals surface area contributed by atoms with E-state index in [2.05, 4.69) is 5.32 Å². The lowest BCUT2D eigenvalue weighted by molar-refractivity contribution is -0.134. The summed E-state index contributed by atoms with van der Waals surface area (Å²) in [5.41, 5.74) is 0.465. The molecule has 0 atom stereocenters. The molecule has 0 amide bonds. The zero-order valence-electron chi connectivity index (χ0n) is 8.13. The second-order valence-electron chi connectivity index (χ2n) is 2.69. The lowest BCUT2D eigenvalue weighted by Crippen LogP contribution is -2.08. The lowest BCUT2D eigenvalue weighted by Gasteiger charge is -2.09. The summed E-state index contributed by atoms with van der Waals surface area (Å²) in [6, 6.07) is 4.44. The van der Waals surface area contributed by atoms with E-state index in [4.69, 9.17) is 4.74 Å². The number of para-hydroxylation sites is 1. The van der Waals surface area contributed by atoms with E-state index >= 15 is 0 Å². The molecule has 0 saturated heterocycles. The molecule has 0 aromatic heterocycles. The number of carbonyl (C=O) groups excluding carboxylic acids is 1. The van der Waals surface area contributed by atoms with Gasteiger partial charge in [0.25, 0.3) is 0 Å². The molecule has 0 bridgehead atoms. The number of rotatable bonds is 3. The van der Waals surface area contributed by atoms with E-state index in [0.717, 1.165) is 0 Å². The van der Waals surface area contributed by atoms with Crippen LogP contribution >= 0.6 is 0 Å². The molecule has 0 aliphatic carbocycles. The van der Waals surface area contributed by atoms with Crippen LogP contribution in [0.4, 0.5) is 10.1 Å². The maximum Gasteiger partial charge on any atom is 0.311 e. The van der Waals surface area contributed by atoms with Crippen LogP contribution in [0.1, 0.15) is 13.3 Å². The standard InChI is InChI=1S/C10H12FNO2/c1-3-9(13)14-10-7(11)5-4-6-8(10)12-2/h4-6,12H,3H2,1-2H3. The van der Waals surface area contributed by atoms with Crippen LogP contribution in [-0.2, 0) is 4.79 Å². The molecule has 1 rings (SSSR count). The van der Waals surface area contributed by atoms with Crippen molar-refractivity contribution in [1.82, 2.24) is 0 Å². The molecule has 0 heterocycles. The second-order valence-corrected chi connectivity index (χ2v) is 2.69. The average molecular weight is 197 g/mol. The molecule has 0 spiro atoms. The summed E-state index contributed by atoms with van der Waals surface area (Å²) in [4.78, 5) is 11.0. The van der Waals surface area contributed by atoms with Crippen LogP contribution in [0.3, 0.4) is 0 Å². The maximum absolute atomic E-state index is 13.2. The molecule has 76 valence electrons. The molecule has 1 aromatic rings. The Hall–Kier alpha value is -1.58. The van der Waals surface area contributed by atoms with Gasteiger partial charge in [-0.1, -0.05) is 13.0 Å². The number of carbonyl (C=O) groups is 1. The van der Waals surface area contributed by atoms with Gasteiger partial charge in [0.1, 0.15) is 0 Å². The van der Waals surface area contributed by atoms with Crippen molar-refractivity contribution in [3.8, 4) is 5.75 Å². The van der Waals surface area contributed by atoms with Gasteiger partial charge in [-0.05, 0) is 12.1 Å². The number of esters is 1. The minimum absolute atomic E-state index is 0.0400. The van der Waals surface area contributed by atoms with Crippen molar-refractivity contribution in [2.75, 3.05) is 12.4 Å². The van der Waals surface area contributed by atoms with E-state index in [1.807, 2.05) is 0 Å². The van der Waals surface area contributed by atoms with Crippen LogP contribution in [-0.4, -0.2) is 13.0 Å². The smallest absolute Gasteiger partial charge is 0.311 e. The minimum atomic E-state index is -0.543. The monoisotopic (exact) mass is 197 g/mol. The molecule has 14 heavy (non-hydrogen) atoms. The Kier molecular flexibility index (Phi) is 3.45. The van der Waals surface area contributed by atoms with Crippen LogP contribution < -0.4 is 10.1 Å². The summed E-state index contributed by atoms with van der Waals surface area (Å²) in [5, 5.41) is 2.75. The SMILES string of the molecule is CCC(=O)Oc1c(F)cccc1NC. The fourth-order valence-electron chi connectivity index (χ4n) is 0.995. The second kappa shape index (κ2) is 4.60. The first kappa shape index (κ1) is 10.5. The van der Waals surface area contributed by atoms with E-state index in [0.29, 0.717) is 5.69 Å². The van der Waals surface area contributed by atoms with E-state index in [9.17, 15) is 9.18 Å². The van der Waals surface area contributed by atoms with Gasteiger partial charge in [0.2, 0.25) is 0 Å². The summed E-state index contributed by atoms with van der Waals surface area (Å²) in [5.74, 6) is -1.04. The van der Waals surface area contributed by atoms with E-state index in [-0.39, 0.29) is 12.2 Å². The third-order valence-corrected chi connectivity index (χ3v) is 1.74. The van der Waals surface area contributed by atoms with Gasteiger partial charge in [0.05, 0.1) is 5.69 Å². The van der Waals surface area contributed by atoms with Crippen molar-refractivity contribution >= 4 is 11.7 Å². The van der Waals surface area contributed by atoms with Gasteiger partial charge in [-0.3, -0.25) is 4.79 Å². The highest BCUT2D eigenvalue weighted by molar-refractivity contribution is 5.74. The first-order valence-corrected chi connectivity index (χ1v) is 4.36. The largest absolute Gasteiger partial charge is 0.421 e. The molecule has 1 aromatic carbocycles. The predicted octanol–water partition coefficient (Wildman–Crippen LogP) is 2.18. The highest BCUT2D eigenvalue weighted by Gasteiger charge is 2.11. The predicted molar refractivity (Wildman–Crippen MR) is 51.9 cm³/mol. The van der Waals surface area contributed by atoms with Crippen molar-refractivity contribution in [2.45, 2.75) is 13.3 Å². The maximum atomic E-state index is 13.2. The van der Waals surface area contributed by atoms with Crippen LogP contribution in [0, 0.1) is 5.82 Å². The zero-order valence-corrected chi connectivity index (χ0v) is 8.13. The Morgan fingerprint density at radius 1 is 1.57 bits per heavy atom. The fraction of sp³-hybridized carbons (Fsp3) is 0.300. The van der Waals surface area contributed by atoms with E-state index < -0.39 is 11.8 Å². The summed E-state index contributed by atoms with van der Waals surface area (Å²) in [7, 11) is 1.64. The molecule has 0 fully saturated rings. The quantitative estimate of drug-likeness (QED) is 0.596. The Bertz CT molecular complexity index is 339. The first-order chi connectivity index (χ1) is 6.69. The number of benzene rings is 1. The van der Waals surface area contributed by atoms with E-state index in [1.54, 1.807) is 26.1 Å². The number of nitrogens with one attached hydrogen (secondary N) is 1. The third kappa shape index (κ3) is 2.22. The molecular formula is C10H12FNO2. The number of ether oxygens (including phenoxy) is 1. The number of anilines is 1. The van der Waals surface area contributed by atoms with Crippen molar-refractivity contribution in [2.24, 2.45) is 0 Å². The average Bonchev–Trinajstić information content (AvgIpc) is 2.20. The Balaban J connectivity index is 2.98. The van der Waals surface area contributed by atoms with Crippen molar-refractivity contribution in [1.29, 1.82) is 0 Å². The van der Waals surface area contributed by atoms with Gasteiger partial charge in [-0.15, -0.1) is 0 Å². The molecule has 0 aliphatic heterocycles. The first-order valence-electron chi connectivity index (χ1n) is 4.36. The minimum Gasteiger partial charge on any atom is -0.421 e. The Morgan fingerprint density at radius 2 is 2.29 bits per heavy atom. The topological polar surface area (TPSA) is 38.3 Å². The van der Waals surface area contributed by atoms with Gasteiger partial charge in [-0.25, -0.2) is 4.39 Å². The summed E-state index contributed by atoms with van der Waals surface area (Å²) in [6.07, 6.45) is 0.220. The van der Waals surface area contributed by atoms with Gasteiger partial charge in [0.15, 0.2) is 11.6 Å². The van der Waals surface area contributed by atoms with Crippen molar-refractivity contribution in [3.63, 3.8) is 0 Å². The Morgan fingerprint density at radius 3 is 2.86 bits per heavy atom. The normalized spacial score (nSPS) is 9.64. The highest BCUT2D eigenvalue weighted by Crippen LogP contribution is 2.27. The molecule has 1 N–H and O–H groups in total. The summed E-state index contributed by atoms with van der Waals surface area (Å²) >= 11 is 0. The van der Waals surface area contributed by atoms with E-state index in [1.165, 1.54) is 6.07 Å². The summed E-state index contributed by atoms with van der Waals surface area (Å²) < 4.78 is 18.1. The van der Waals surface area contributed by atoms with Crippen molar-refractivity contribution < 1.29 is 13.9 Å². The fourth-order valence-corrected chi connectivity index (χ4v) is 0.995. The van der Waals surface area contributed by atoms with Crippen LogP contribution in [0.5, 0.6) is 5.75 Å². The molecule has 0 saturated carbocycles. The molecule has 0 unspecified atom stereocenters. The van der Waals surface area contributed by atoms with Gasteiger partial charge < -0.3 is 10.1 Å². The van der Waals surface area contributed by atoms with Crippen LogP contribution in [0.25, 0.3) is 0 Å². The lowest BCUT2D eigenvalue weighted by atomic mass is 10.3. The van der Waals surface area contributed by atoms with Crippen molar-refractivity contribution in [3.05, 3.63) is 24.0 Å². The molecule has 0 radical (unpaired) electrons. The zero-order chi connectivity index (χ0) is 10.6.